The van der Waals surface area contributed by atoms with E-state index >= 15 is 0 Å². The summed E-state index contributed by atoms with van der Waals surface area (Å²) in [5.41, 5.74) is 1.00. The summed E-state index contributed by atoms with van der Waals surface area (Å²) < 4.78 is 2.40. The number of carbonyl (C=O) groups is 2. The molecule has 1 aliphatic rings. The number of hydrogen-bond acceptors (Lipinski definition) is 5. The molecule has 0 saturated heterocycles. The van der Waals surface area contributed by atoms with Gasteiger partial charge in [0.1, 0.15) is 4.70 Å². The molecule has 29 heavy (non-hydrogen) atoms. The lowest BCUT2D eigenvalue weighted by atomic mass is 10.1. The van der Waals surface area contributed by atoms with Gasteiger partial charge in [-0.05, 0) is 57.7 Å². The average Bonchev–Trinajstić information content (AvgIpc) is 3.28. The van der Waals surface area contributed by atoms with Crippen LogP contribution in [0, 0.1) is 5.92 Å². The topological polar surface area (TPSA) is 88.9 Å². The molecule has 1 aromatic carbocycles. The number of anilines is 1. The quantitative estimate of drug-likeness (QED) is 0.630. The van der Waals surface area contributed by atoms with Crippen LogP contribution in [0.3, 0.4) is 0 Å². The molecule has 0 radical (unpaired) electrons. The van der Waals surface area contributed by atoms with Crippen LogP contribution in [0.15, 0.2) is 24.3 Å². The van der Waals surface area contributed by atoms with E-state index in [0.29, 0.717) is 44.2 Å². The van der Waals surface area contributed by atoms with Crippen molar-refractivity contribution in [2.24, 2.45) is 5.92 Å². The molecule has 0 bridgehead atoms. The zero-order valence-corrected chi connectivity index (χ0v) is 18.0. The van der Waals surface area contributed by atoms with E-state index < -0.39 is 0 Å². The Bertz CT molecular complexity index is 1090. The molecule has 0 spiro atoms. The van der Waals surface area contributed by atoms with Crippen molar-refractivity contribution >= 4 is 50.2 Å². The van der Waals surface area contributed by atoms with Gasteiger partial charge in [0.05, 0.1) is 5.54 Å². The van der Waals surface area contributed by atoms with Gasteiger partial charge in [-0.1, -0.05) is 29.0 Å². The minimum atomic E-state index is -0.365. The highest BCUT2D eigenvalue weighted by Crippen LogP contribution is 2.33. The molecule has 4 rings (SSSR count). The summed E-state index contributed by atoms with van der Waals surface area (Å²) in [5.74, 6) is 0.0633. The largest absolute Gasteiger partial charge is 0.350 e. The van der Waals surface area contributed by atoms with Crippen molar-refractivity contribution in [3.05, 3.63) is 40.5 Å². The molecule has 2 amide bonds. The van der Waals surface area contributed by atoms with Crippen LogP contribution in [0.5, 0.6) is 0 Å². The van der Waals surface area contributed by atoms with Crippen molar-refractivity contribution in [2.45, 2.75) is 39.2 Å². The second kappa shape index (κ2) is 7.42. The molecule has 1 saturated carbocycles. The van der Waals surface area contributed by atoms with Gasteiger partial charge < -0.3 is 5.32 Å². The minimum Gasteiger partial charge on any atom is -0.350 e. The Morgan fingerprint density at radius 2 is 2.03 bits per heavy atom. The van der Waals surface area contributed by atoms with E-state index in [1.54, 1.807) is 28.9 Å². The predicted octanol–water partition coefficient (Wildman–Crippen LogP) is 4.29. The Hall–Kier alpha value is -2.45. The van der Waals surface area contributed by atoms with Crippen molar-refractivity contribution in [3.8, 4) is 0 Å². The number of nitrogens with zero attached hydrogens (tertiary/aromatic N) is 3. The Labute approximate surface area is 177 Å². The van der Waals surface area contributed by atoms with Crippen LogP contribution >= 0.6 is 22.9 Å². The van der Waals surface area contributed by atoms with Gasteiger partial charge in [-0.3, -0.25) is 14.9 Å². The number of aromatic nitrogens is 3. The Morgan fingerprint density at radius 3 is 2.69 bits per heavy atom. The number of halogens is 1. The Balaban J connectivity index is 1.65. The molecule has 9 heteroatoms. The monoisotopic (exact) mass is 431 g/mol. The number of benzene rings is 1. The standard InChI is InChI=1S/C20H22ClN5O2S/c1-20(2,3)26-16-15(14(25-26)18(28)22-10-11-7-8-11)29-19(23-16)24-17(27)12-5-4-6-13(21)9-12/h4-6,9,11H,7-8,10H2,1-3H3,(H,22,28)(H,23,24,27). The Morgan fingerprint density at radius 1 is 1.28 bits per heavy atom. The van der Waals surface area contributed by atoms with Crippen LogP contribution < -0.4 is 10.6 Å². The average molecular weight is 432 g/mol. The number of rotatable bonds is 5. The van der Waals surface area contributed by atoms with Crippen LogP contribution in [-0.4, -0.2) is 33.1 Å². The summed E-state index contributed by atoms with van der Waals surface area (Å²) in [6.45, 7) is 6.65. The summed E-state index contributed by atoms with van der Waals surface area (Å²) >= 11 is 7.22. The highest BCUT2D eigenvalue weighted by molar-refractivity contribution is 7.22. The molecular weight excluding hydrogens is 410 g/mol. The minimum absolute atomic E-state index is 0.207. The third kappa shape index (κ3) is 4.28. The first-order chi connectivity index (χ1) is 13.7. The van der Waals surface area contributed by atoms with Crippen LogP contribution in [0.4, 0.5) is 5.13 Å². The fourth-order valence-electron chi connectivity index (χ4n) is 2.91. The van der Waals surface area contributed by atoms with Crippen molar-refractivity contribution in [2.75, 3.05) is 11.9 Å². The number of amides is 2. The first-order valence-corrected chi connectivity index (χ1v) is 10.7. The first kappa shape index (κ1) is 19.8. The fraction of sp³-hybridized carbons (Fsp3) is 0.400. The van der Waals surface area contributed by atoms with Crippen molar-refractivity contribution < 1.29 is 9.59 Å². The molecule has 0 atom stereocenters. The van der Waals surface area contributed by atoms with Crippen molar-refractivity contribution in [3.63, 3.8) is 0 Å². The highest BCUT2D eigenvalue weighted by Gasteiger charge is 2.28. The van der Waals surface area contributed by atoms with Crippen LogP contribution in [-0.2, 0) is 5.54 Å². The summed E-state index contributed by atoms with van der Waals surface area (Å²) in [7, 11) is 0. The molecule has 152 valence electrons. The van der Waals surface area contributed by atoms with E-state index in [-0.39, 0.29) is 17.4 Å². The number of hydrogen-bond donors (Lipinski definition) is 2. The van der Waals surface area contributed by atoms with E-state index in [9.17, 15) is 9.59 Å². The lowest BCUT2D eigenvalue weighted by Gasteiger charge is -2.19. The summed E-state index contributed by atoms with van der Waals surface area (Å²) in [5, 5.41) is 11.2. The van der Waals surface area contributed by atoms with Crippen molar-refractivity contribution in [1.29, 1.82) is 0 Å². The van der Waals surface area contributed by atoms with Gasteiger partial charge in [0.25, 0.3) is 11.8 Å². The van der Waals surface area contributed by atoms with E-state index in [0.717, 1.165) is 12.8 Å². The number of carbonyl (C=O) groups excluding carboxylic acids is 2. The fourth-order valence-corrected chi connectivity index (χ4v) is 4.03. The molecule has 3 aromatic rings. The van der Waals surface area contributed by atoms with Gasteiger partial charge in [0, 0.05) is 17.1 Å². The maximum absolute atomic E-state index is 12.7. The highest BCUT2D eigenvalue weighted by atomic mass is 35.5. The Kier molecular flexibility index (Phi) is 5.08. The van der Waals surface area contributed by atoms with E-state index in [4.69, 9.17) is 11.6 Å². The lowest BCUT2D eigenvalue weighted by Crippen LogP contribution is -2.28. The molecule has 0 aliphatic heterocycles. The van der Waals surface area contributed by atoms with Gasteiger partial charge in [-0.25, -0.2) is 4.68 Å². The third-order valence-corrected chi connectivity index (χ3v) is 5.83. The molecular formula is C20H22ClN5O2S. The maximum Gasteiger partial charge on any atom is 0.273 e. The van der Waals surface area contributed by atoms with Gasteiger partial charge in [0.2, 0.25) is 0 Å². The molecule has 2 N–H and O–H groups in total. The van der Waals surface area contributed by atoms with Crippen LogP contribution in [0.25, 0.3) is 10.3 Å². The number of thiazole rings is 1. The zero-order valence-electron chi connectivity index (χ0n) is 16.5. The third-order valence-electron chi connectivity index (χ3n) is 4.63. The second-order valence-electron chi connectivity index (χ2n) is 8.22. The smallest absolute Gasteiger partial charge is 0.273 e. The molecule has 1 aliphatic carbocycles. The first-order valence-electron chi connectivity index (χ1n) is 9.47. The lowest BCUT2D eigenvalue weighted by molar-refractivity contribution is 0.0946. The van der Waals surface area contributed by atoms with E-state index in [2.05, 4.69) is 20.7 Å². The van der Waals surface area contributed by atoms with Gasteiger partial charge in [0.15, 0.2) is 16.5 Å². The van der Waals surface area contributed by atoms with Gasteiger partial charge in [-0.2, -0.15) is 10.1 Å². The predicted molar refractivity (Wildman–Crippen MR) is 115 cm³/mol. The van der Waals surface area contributed by atoms with Gasteiger partial charge >= 0.3 is 0 Å². The summed E-state index contributed by atoms with van der Waals surface area (Å²) in [6.07, 6.45) is 2.32. The zero-order chi connectivity index (χ0) is 20.8. The molecule has 7 nitrogen and oxygen atoms in total. The number of fused-ring (bicyclic) bond motifs is 1. The van der Waals surface area contributed by atoms with E-state index in [1.807, 2.05) is 20.8 Å². The normalized spacial score (nSPS) is 14.2. The molecule has 2 aromatic heterocycles. The molecule has 2 heterocycles. The van der Waals surface area contributed by atoms with Crippen molar-refractivity contribution in [1.82, 2.24) is 20.1 Å². The second-order valence-corrected chi connectivity index (χ2v) is 9.66. The van der Waals surface area contributed by atoms with E-state index in [1.165, 1.54) is 11.3 Å². The number of nitrogens with one attached hydrogen (secondary N) is 2. The van der Waals surface area contributed by atoms with Crippen LogP contribution in [0.2, 0.25) is 5.02 Å². The maximum atomic E-state index is 12.7. The van der Waals surface area contributed by atoms with Crippen LogP contribution in [0.1, 0.15) is 54.5 Å². The summed E-state index contributed by atoms with van der Waals surface area (Å²) in [4.78, 5) is 29.8. The van der Waals surface area contributed by atoms with Gasteiger partial charge in [-0.15, -0.1) is 0 Å². The molecule has 1 fully saturated rings. The SMILES string of the molecule is CC(C)(C)n1nc(C(=O)NCC2CC2)c2sc(NC(=O)c3cccc(Cl)c3)nc21. The molecule has 0 unspecified atom stereocenters. The summed E-state index contributed by atoms with van der Waals surface area (Å²) in [6, 6.07) is 6.70.